The first-order valence-electron chi connectivity index (χ1n) is 6.99. The van der Waals surface area contributed by atoms with E-state index in [-0.39, 0.29) is 0 Å². The Labute approximate surface area is 135 Å². The molecule has 0 amide bonds. The molecule has 0 saturated carbocycles. The van der Waals surface area contributed by atoms with Crippen LogP contribution in [0.1, 0.15) is 11.1 Å². The molecule has 1 N–H and O–H groups in total. The number of oxime groups is 1. The number of hydrogen-bond donors (Lipinski definition) is 1. The summed E-state index contributed by atoms with van der Waals surface area (Å²) in [4.78, 5) is 0. The number of rotatable bonds is 6. The van der Waals surface area contributed by atoms with Gasteiger partial charge in [0.2, 0.25) is 5.75 Å². The molecule has 2 aromatic carbocycles. The lowest BCUT2D eigenvalue weighted by Crippen LogP contribution is -1.97. The lowest BCUT2D eigenvalue weighted by atomic mass is 10.1. The van der Waals surface area contributed by atoms with Crippen molar-refractivity contribution in [2.24, 2.45) is 5.16 Å². The van der Waals surface area contributed by atoms with Gasteiger partial charge in [0.05, 0.1) is 21.3 Å². The smallest absolute Gasteiger partial charge is 0.203 e. The number of benzene rings is 2. The first kappa shape index (κ1) is 16.4. The Hall–Kier alpha value is -2.95. The fourth-order valence-electron chi connectivity index (χ4n) is 2.17. The topological polar surface area (TPSA) is 60.3 Å². The number of methoxy groups -OCH3 is 3. The average molecular weight is 313 g/mol. The van der Waals surface area contributed by atoms with Gasteiger partial charge in [-0.2, -0.15) is 0 Å². The first-order chi connectivity index (χ1) is 11.2. The second-order valence-electron chi connectivity index (χ2n) is 4.64. The highest BCUT2D eigenvalue weighted by atomic mass is 16.5. The predicted molar refractivity (Wildman–Crippen MR) is 89.9 cm³/mol. The van der Waals surface area contributed by atoms with Crippen molar-refractivity contribution < 1.29 is 19.4 Å². The van der Waals surface area contributed by atoms with Crippen molar-refractivity contribution in [3.05, 3.63) is 59.7 Å². The zero-order valence-electron chi connectivity index (χ0n) is 13.3. The number of nitrogens with zero attached hydrogens (tertiary/aromatic N) is 1. The van der Waals surface area contributed by atoms with E-state index in [4.69, 9.17) is 14.2 Å². The van der Waals surface area contributed by atoms with Gasteiger partial charge in [-0.3, -0.25) is 0 Å². The first-order valence-corrected chi connectivity index (χ1v) is 6.99. The van der Waals surface area contributed by atoms with E-state index in [0.29, 0.717) is 23.0 Å². The second-order valence-corrected chi connectivity index (χ2v) is 4.64. The summed E-state index contributed by atoms with van der Waals surface area (Å²) < 4.78 is 15.9. The standard InChI is InChI=1S/C18H19NO4/c1-21-16-11-13(12-17(22-2)18(16)23-3)9-10-15(19-20)14-7-5-4-6-8-14/h4-12,20H,1-3H3/b10-9+,19-15-. The molecule has 0 bridgehead atoms. The summed E-state index contributed by atoms with van der Waals surface area (Å²) in [6.07, 6.45) is 3.53. The van der Waals surface area contributed by atoms with E-state index >= 15 is 0 Å². The van der Waals surface area contributed by atoms with Crippen molar-refractivity contribution in [3.8, 4) is 17.2 Å². The molecule has 0 saturated heterocycles. The van der Waals surface area contributed by atoms with Gasteiger partial charge in [-0.25, -0.2) is 0 Å². The zero-order chi connectivity index (χ0) is 16.7. The fourth-order valence-corrected chi connectivity index (χ4v) is 2.17. The summed E-state index contributed by atoms with van der Waals surface area (Å²) in [5.41, 5.74) is 2.11. The van der Waals surface area contributed by atoms with Crippen LogP contribution >= 0.6 is 0 Å². The van der Waals surface area contributed by atoms with Crippen molar-refractivity contribution >= 4 is 11.8 Å². The van der Waals surface area contributed by atoms with Crippen molar-refractivity contribution in [1.29, 1.82) is 0 Å². The van der Waals surface area contributed by atoms with E-state index in [1.165, 1.54) is 0 Å². The molecule has 120 valence electrons. The summed E-state index contributed by atoms with van der Waals surface area (Å²) in [5.74, 6) is 1.66. The molecule has 0 heterocycles. The minimum Gasteiger partial charge on any atom is -0.493 e. The SMILES string of the molecule is COc1cc(/C=C/C(=N/O)c2ccccc2)cc(OC)c1OC. The Morgan fingerprint density at radius 3 is 2.04 bits per heavy atom. The van der Waals surface area contributed by atoms with Crippen LogP contribution < -0.4 is 14.2 Å². The van der Waals surface area contributed by atoms with Gasteiger partial charge in [-0.1, -0.05) is 41.6 Å². The van der Waals surface area contributed by atoms with Crippen LogP contribution in [0.3, 0.4) is 0 Å². The van der Waals surface area contributed by atoms with Crippen LogP contribution in [0, 0.1) is 0 Å². The minimum atomic E-state index is 0.458. The Morgan fingerprint density at radius 1 is 0.957 bits per heavy atom. The molecular weight excluding hydrogens is 294 g/mol. The maximum Gasteiger partial charge on any atom is 0.203 e. The summed E-state index contributed by atoms with van der Waals surface area (Å²) in [7, 11) is 4.69. The molecule has 0 aliphatic rings. The van der Waals surface area contributed by atoms with Crippen LogP contribution in [0.4, 0.5) is 0 Å². The molecule has 2 rings (SSSR count). The summed E-state index contributed by atoms with van der Waals surface area (Å²) in [6, 6.07) is 13.0. The Balaban J connectivity index is 2.35. The van der Waals surface area contributed by atoms with E-state index in [1.54, 1.807) is 27.4 Å². The lowest BCUT2D eigenvalue weighted by molar-refractivity contribution is 0.320. The molecule has 0 aliphatic heterocycles. The van der Waals surface area contributed by atoms with Crippen LogP contribution in [0.5, 0.6) is 17.2 Å². The predicted octanol–water partition coefficient (Wildman–Crippen LogP) is 3.60. The van der Waals surface area contributed by atoms with Crippen molar-refractivity contribution in [2.75, 3.05) is 21.3 Å². The van der Waals surface area contributed by atoms with E-state index in [1.807, 2.05) is 48.5 Å². The molecule has 5 nitrogen and oxygen atoms in total. The zero-order valence-corrected chi connectivity index (χ0v) is 13.3. The summed E-state index contributed by atoms with van der Waals surface area (Å²) >= 11 is 0. The maximum atomic E-state index is 9.21. The third kappa shape index (κ3) is 3.83. The van der Waals surface area contributed by atoms with E-state index in [0.717, 1.165) is 11.1 Å². The second kappa shape index (κ2) is 7.89. The number of ether oxygens (including phenoxy) is 3. The van der Waals surface area contributed by atoms with Crippen molar-refractivity contribution in [2.45, 2.75) is 0 Å². The molecule has 0 aliphatic carbocycles. The highest BCUT2D eigenvalue weighted by Gasteiger charge is 2.12. The van der Waals surface area contributed by atoms with Crippen LogP contribution in [-0.2, 0) is 0 Å². The third-order valence-electron chi connectivity index (χ3n) is 3.30. The van der Waals surface area contributed by atoms with Crippen LogP contribution in [0.2, 0.25) is 0 Å². The average Bonchev–Trinajstić information content (AvgIpc) is 2.62. The molecule has 0 unspecified atom stereocenters. The number of hydrogen-bond acceptors (Lipinski definition) is 5. The fraction of sp³-hybridized carbons (Fsp3) is 0.167. The van der Waals surface area contributed by atoms with Gasteiger partial charge in [0.15, 0.2) is 11.5 Å². The molecule has 0 aromatic heterocycles. The molecule has 23 heavy (non-hydrogen) atoms. The van der Waals surface area contributed by atoms with E-state index in [9.17, 15) is 5.21 Å². The van der Waals surface area contributed by atoms with E-state index < -0.39 is 0 Å². The van der Waals surface area contributed by atoms with Crippen LogP contribution in [0.25, 0.3) is 6.08 Å². The van der Waals surface area contributed by atoms with Gasteiger partial charge >= 0.3 is 0 Å². The van der Waals surface area contributed by atoms with Crippen LogP contribution in [0.15, 0.2) is 53.7 Å². The molecule has 0 radical (unpaired) electrons. The minimum absolute atomic E-state index is 0.458. The normalized spacial score (nSPS) is 11.5. The molecule has 0 spiro atoms. The third-order valence-corrected chi connectivity index (χ3v) is 3.30. The maximum absolute atomic E-state index is 9.21. The molecule has 0 fully saturated rings. The monoisotopic (exact) mass is 313 g/mol. The van der Waals surface area contributed by atoms with Gasteiger partial charge in [-0.05, 0) is 23.8 Å². The van der Waals surface area contributed by atoms with Gasteiger partial charge in [0.25, 0.3) is 0 Å². The van der Waals surface area contributed by atoms with Crippen molar-refractivity contribution in [3.63, 3.8) is 0 Å². The molecule has 5 heteroatoms. The Morgan fingerprint density at radius 2 is 1.57 bits per heavy atom. The molecule has 0 atom stereocenters. The van der Waals surface area contributed by atoms with Gasteiger partial charge < -0.3 is 19.4 Å². The highest BCUT2D eigenvalue weighted by Crippen LogP contribution is 2.38. The Kier molecular flexibility index (Phi) is 5.63. The molecule has 2 aromatic rings. The summed E-state index contributed by atoms with van der Waals surface area (Å²) in [5, 5.41) is 12.5. The van der Waals surface area contributed by atoms with E-state index in [2.05, 4.69) is 5.16 Å². The Bertz CT molecular complexity index is 683. The van der Waals surface area contributed by atoms with Crippen LogP contribution in [-0.4, -0.2) is 32.2 Å². The highest BCUT2D eigenvalue weighted by molar-refractivity contribution is 6.10. The van der Waals surface area contributed by atoms with Gasteiger partial charge in [0.1, 0.15) is 5.71 Å². The lowest BCUT2D eigenvalue weighted by Gasteiger charge is -2.12. The molecular formula is C18H19NO4. The van der Waals surface area contributed by atoms with Gasteiger partial charge in [-0.15, -0.1) is 0 Å². The quantitative estimate of drug-likeness (QED) is 0.503. The largest absolute Gasteiger partial charge is 0.493 e. The summed E-state index contributed by atoms with van der Waals surface area (Å²) in [6.45, 7) is 0. The number of allylic oxidation sites excluding steroid dienone is 1. The van der Waals surface area contributed by atoms with Gasteiger partial charge in [0, 0.05) is 5.56 Å². The van der Waals surface area contributed by atoms with Crippen molar-refractivity contribution in [1.82, 2.24) is 0 Å².